The number of aromatic carboxylic acids is 1. The molecule has 2 heterocycles. The summed E-state index contributed by atoms with van der Waals surface area (Å²) in [6.45, 7) is 8.19. The number of nitrogens with one attached hydrogen (secondary N) is 3. The third-order valence-electron chi connectivity index (χ3n) is 5.13. The van der Waals surface area contributed by atoms with Gasteiger partial charge in [0.25, 0.3) is 0 Å². The van der Waals surface area contributed by atoms with E-state index in [9.17, 15) is 14.7 Å². The van der Waals surface area contributed by atoms with Gasteiger partial charge in [-0.3, -0.25) is 5.32 Å². The van der Waals surface area contributed by atoms with Gasteiger partial charge in [0.15, 0.2) is 0 Å². The van der Waals surface area contributed by atoms with Crippen LogP contribution in [0.1, 0.15) is 42.5 Å². The summed E-state index contributed by atoms with van der Waals surface area (Å²) < 4.78 is 1.71. The lowest BCUT2D eigenvalue weighted by atomic mass is 9.92. The molecule has 0 aliphatic rings. The number of H-pyrrole nitrogens is 1. The van der Waals surface area contributed by atoms with Crippen molar-refractivity contribution in [3.05, 3.63) is 71.5 Å². The van der Waals surface area contributed by atoms with E-state index in [-0.39, 0.29) is 11.1 Å². The molecule has 0 bridgehead atoms. The molecule has 8 heteroatoms. The van der Waals surface area contributed by atoms with E-state index in [0.29, 0.717) is 22.4 Å². The Kier molecular flexibility index (Phi) is 5.22. The van der Waals surface area contributed by atoms with Crippen LogP contribution in [0, 0.1) is 6.92 Å². The number of hydrogen-bond donors (Lipinski definition) is 4. The summed E-state index contributed by atoms with van der Waals surface area (Å²) in [7, 11) is 0. The molecule has 2 aromatic heterocycles. The Morgan fingerprint density at radius 1 is 1.03 bits per heavy atom. The lowest BCUT2D eigenvalue weighted by molar-refractivity contribution is 0.0691. The molecule has 4 N–H and O–H groups in total. The van der Waals surface area contributed by atoms with Gasteiger partial charge >= 0.3 is 12.0 Å². The van der Waals surface area contributed by atoms with Crippen LogP contribution >= 0.6 is 0 Å². The van der Waals surface area contributed by atoms with Crippen LogP contribution in [0.4, 0.5) is 16.3 Å². The highest BCUT2D eigenvalue weighted by molar-refractivity contribution is 6.06. The molecule has 0 aliphatic heterocycles. The number of aromatic amines is 1. The lowest BCUT2D eigenvalue weighted by Gasteiger charge is -2.14. The molecule has 0 spiro atoms. The van der Waals surface area contributed by atoms with Crippen molar-refractivity contribution in [3.63, 3.8) is 0 Å². The normalized spacial score (nSPS) is 11.5. The second kappa shape index (κ2) is 7.88. The van der Waals surface area contributed by atoms with Crippen LogP contribution < -0.4 is 10.6 Å². The predicted molar refractivity (Wildman–Crippen MR) is 125 cm³/mol. The number of urea groups is 1. The number of carboxylic acid groups (broad SMARTS) is 1. The largest absolute Gasteiger partial charge is 0.477 e. The van der Waals surface area contributed by atoms with E-state index in [1.165, 1.54) is 6.07 Å². The molecule has 32 heavy (non-hydrogen) atoms. The Morgan fingerprint density at radius 3 is 2.41 bits per heavy atom. The van der Waals surface area contributed by atoms with Gasteiger partial charge in [-0.2, -0.15) is 5.10 Å². The monoisotopic (exact) mass is 431 g/mol. The Bertz CT molecular complexity index is 1310. The fraction of sp³-hybridized carbons (Fsp3) is 0.208. The highest BCUT2D eigenvalue weighted by Crippen LogP contribution is 2.27. The Balaban J connectivity index is 1.65. The molecule has 4 rings (SSSR count). The number of carbonyl (C=O) groups excluding carboxylic acids is 1. The number of aromatic nitrogens is 3. The SMILES string of the molecule is Cc1ccc(-n2nc(C(C)(C)C)cc2NC(=O)Nc2cccc3cc(C(=O)O)[nH]c23)cc1. The van der Waals surface area contributed by atoms with Crippen LogP contribution in [0.3, 0.4) is 0 Å². The molecule has 2 aromatic carbocycles. The molecule has 0 atom stereocenters. The second-order valence-corrected chi connectivity index (χ2v) is 8.75. The molecule has 0 aliphatic carbocycles. The Hall–Kier alpha value is -4.07. The van der Waals surface area contributed by atoms with Crippen molar-refractivity contribution < 1.29 is 14.7 Å². The molecule has 0 radical (unpaired) electrons. The fourth-order valence-corrected chi connectivity index (χ4v) is 3.36. The number of anilines is 2. The van der Waals surface area contributed by atoms with E-state index in [4.69, 9.17) is 5.10 Å². The summed E-state index contributed by atoms with van der Waals surface area (Å²) in [4.78, 5) is 27.0. The quantitative estimate of drug-likeness (QED) is 0.351. The third-order valence-corrected chi connectivity index (χ3v) is 5.13. The van der Waals surface area contributed by atoms with Crippen LogP contribution in [0.25, 0.3) is 16.6 Å². The topological polar surface area (TPSA) is 112 Å². The van der Waals surface area contributed by atoms with E-state index >= 15 is 0 Å². The van der Waals surface area contributed by atoms with E-state index in [1.54, 1.807) is 22.9 Å². The van der Waals surface area contributed by atoms with Crippen molar-refractivity contribution in [1.82, 2.24) is 14.8 Å². The zero-order valence-corrected chi connectivity index (χ0v) is 18.4. The molecule has 0 saturated heterocycles. The van der Waals surface area contributed by atoms with Gasteiger partial charge in [0.2, 0.25) is 0 Å². The smallest absolute Gasteiger partial charge is 0.352 e. The summed E-state index contributed by atoms with van der Waals surface area (Å²) in [6, 6.07) is 16.1. The number of para-hydroxylation sites is 1. The van der Waals surface area contributed by atoms with Gasteiger partial charge in [0.1, 0.15) is 11.5 Å². The van der Waals surface area contributed by atoms with Gasteiger partial charge < -0.3 is 15.4 Å². The van der Waals surface area contributed by atoms with Gasteiger partial charge in [-0.05, 0) is 31.2 Å². The molecule has 0 unspecified atom stereocenters. The molecule has 164 valence electrons. The van der Waals surface area contributed by atoms with Crippen molar-refractivity contribution in [2.45, 2.75) is 33.1 Å². The average molecular weight is 431 g/mol. The summed E-state index contributed by atoms with van der Waals surface area (Å²) >= 11 is 0. The third kappa shape index (κ3) is 4.20. The van der Waals surface area contributed by atoms with E-state index < -0.39 is 12.0 Å². The highest BCUT2D eigenvalue weighted by atomic mass is 16.4. The maximum absolute atomic E-state index is 12.9. The zero-order valence-electron chi connectivity index (χ0n) is 18.4. The minimum Gasteiger partial charge on any atom is -0.477 e. The van der Waals surface area contributed by atoms with Gasteiger partial charge in [0.05, 0.1) is 22.6 Å². The van der Waals surface area contributed by atoms with E-state index in [1.807, 2.05) is 37.3 Å². The van der Waals surface area contributed by atoms with Crippen molar-refractivity contribution >= 4 is 34.4 Å². The maximum atomic E-state index is 12.9. The first-order valence-electron chi connectivity index (χ1n) is 10.2. The van der Waals surface area contributed by atoms with Gasteiger partial charge in [-0.15, -0.1) is 0 Å². The summed E-state index contributed by atoms with van der Waals surface area (Å²) in [6.07, 6.45) is 0. The van der Waals surface area contributed by atoms with Crippen LogP contribution in [-0.2, 0) is 5.41 Å². The number of benzene rings is 2. The standard InChI is InChI=1S/C24H25N5O3/c1-14-8-10-16(11-9-14)29-20(13-19(28-29)24(2,3)4)27-23(32)26-17-7-5-6-15-12-18(22(30)31)25-21(15)17/h5-13,25H,1-4H3,(H,30,31)(H2,26,27,32). The molecule has 0 fully saturated rings. The summed E-state index contributed by atoms with van der Waals surface area (Å²) in [5, 5.41) is 20.3. The minimum atomic E-state index is -1.06. The molecule has 8 nitrogen and oxygen atoms in total. The predicted octanol–water partition coefficient (Wildman–Crippen LogP) is 5.30. The van der Waals surface area contributed by atoms with Gasteiger partial charge in [0, 0.05) is 16.9 Å². The number of rotatable bonds is 4. The first-order valence-corrected chi connectivity index (χ1v) is 10.2. The average Bonchev–Trinajstić information content (AvgIpc) is 3.34. The van der Waals surface area contributed by atoms with Crippen molar-refractivity contribution in [2.24, 2.45) is 0 Å². The summed E-state index contributed by atoms with van der Waals surface area (Å²) in [5.41, 5.74) is 3.68. The molecular formula is C24H25N5O3. The number of hydrogen-bond acceptors (Lipinski definition) is 3. The number of carboxylic acids is 1. The number of aryl methyl sites for hydroxylation is 1. The Morgan fingerprint density at radius 2 is 1.75 bits per heavy atom. The Labute approximate surface area is 185 Å². The number of nitrogens with zero attached hydrogens (tertiary/aromatic N) is 2. The zero-order chi connectivity index (χ0) is 23.0. The van der Waals surface area contributed by atoms with Crippen molar-refractivity contribution in [1.29, 1.82) is 0 Å². The lowest BCUT2D eigenvalue weighted by Crippen LogP contribution is -2.21. The van der Waals surface area contributed by atoms with Gasteiger partial charge in [-0.1, -0.05) is 50.6 Å². The fourth-order valence-electron chi connectivity index (χ4n) is 3.36. The maximum Gasteiger partial charge on any atom is 0.352 e. The molecule has 0 saturated carbocycles. The number of amides is 2. The number of carbonyl (C=O) groups is 2. The molecular weight excluding hydrogens is 406 g/mol. The highest BCUT2D eigenvalue weighted by Gasteiger charge is 2.22. The van der Waals surface area contributed by atoms with E-state index in [0.717, 1.165) is 16.9 Å². The van der Waals surface area contributed by atoms with Crippen molar-refractivity contribution in [3.8, 4) is 5.69 Å². The molecule has 2 amide bonds. The first-order chi connectivity index (χ1) is 15.1. The van der Waals surface area contributed by atoms with Crippen LogP contribution in [0.15, 0.2) is 54.6 Å². The van der Waals surface area contributed by atoms with Crippen LogP contribution in [0.5, 0.6) is 0 Å². The second-order valence-electron chi connectivity index (χ2n) is 8.75. The van der Waals surface area contributed by atoms with Gasteiger partial charge in [-0.25, -0.2) is 14.3 Å². The van der Waals surface area contributed by atoms with Crippen LogP contribution in [0.2, 0.25) is 0 Å². The van der Waals surface area contributed by atoms with E-state index in [2.05, 4.69) is 36.4 Å². The minimum absolute atomic E-state index is 0.0573. The van der Waals surface area contributed by atoms with Crippen LogP contribution in [-0.4, -0.2) is 31.9 Å². The summed E-state index contributed by atoms with van der Waals surface area (Å²) in [5.74, 6) is -0.533. The number of fused-ring (bicyclic) bond motifs is 1. The molecule has 4 aromatic rings. The van der Waals surface area contributed by atoms with Crippen molar-refractivity contribution in [2.75, 3.05) is 10.6 Å². The first kappa shape index (κ1) is 21.2.